The molecule has 0 saturated carbocycles. The third-order valence-corrected chi connectivity index (χ3v) is 4.57. The Hall–Kier alpha value is -2.67. The van der Waals surface area contributed by atoms with E-state index in [9.17, 15) is 9.59 Å². The summed E-state index contributed by atoms with van der Waals surface area (Å²) in [5, 5.41) is 4.15. The van der Waals surface area contributed by atoms with Crippen molar-refractivity contribution in [3.8, 4) is 0 Å². The molecule has 2 heterocycles. The normalized spacial score (nSPS) is 18.1. The smallest absolute Gasteiger partial charge is 0.257 e. The summed E-state index contributed by atoms with van der Waals surface area (Å²) in [6.45, 7) is 4.04. The fourth-order valence-electron chi connectivity index (χ4n) is 3.07. The fraction of sp³-hybridized carbons (Fsp3) is 0.421. The van der Waals surface area contributed by atoms with Gasteiger partial charge >= 0.3 is 0 Å². The summed E-state index contributed by atoms with van der Waals surface area (Å²) >= 11 is 0. The van der Waals surface area contributed by atoms with E-state index in [2.05, 4.69) is 5.10 Å². The maximum absolute atomic E-state index is 12.8. The number of nitrogens with zero attached hydrogens (tertiary/aromatic N) is 4. The number of ether oxygens (including phenoxy) is 1. The van der Waals surface area contributed by atoms with Crippen LogP contribution in [-0.4, -0.2) is 64.2 Å². The molecule has 1 saturated heterocycles. The zero-order valence-electron chi connectivity index (χ0n) is 15.2. The molecule has 2 aromatic rings. The molecule has 1 atom stereocenters. The minimum atomic E-state index is -0.227. The third-order valence-electron chi connectivity index (χ3n) is 4.57. The number of methoxy groups -OCH3 is 1. The van der Waals surface area contributed by atoms with Gasteiger partial charge in [0.25, 0.3) is 5.91 Å². The van der Waals surface area contributed by atoms with E-state index in [1.54, 1.807) is 34.0 Å². The quantitative estimate of drug-likeness (QED) is 0.812. The van der Waals surface area contributed by atoms with Crippen molar-refractivity contribution in [3.05, 3.63) is 53.9 Å². The Morgan fingerprint density at radius 2 is 2.04 bits per heavy atom. The van der Waals surface area contributed by atoms with Crippen molar-refractivity contribution in [1.82, 2.24) is 19.6 Å². The van der Waals surface area contributed by atoms with Crippen LogP contribution < -0.4 is 0 Å². The van der Waals surface area contributed by atoms with Gasteiger partial charge in [0.2, 0.25) is 5.91 Å². The Kier molecular flexibility index (Phi) is 5.68. The molecule has 1 aromatic heterocycles. The van der Waals surface area contributed by atoms with Crippen LogP contribution >= 0.6 is 0 Å². The average Bonchev–Trinajstić information content (AvgIpc) is 3.09. The first-order chi connectivity index (χ1) is 12.6. The molecule has 0 radical (unpaired) electrons. The number of amides is 2. The standard InChI is InChI=1S/C19H24N4O3/c1-3-23-11-16(9-20-23)19(25)22-13-17(26-2)12-21(18(24)14-22)10-15-7-5-4-6-8-15/h4-9,11,17H,3,10,12-14H2,1-2H3. The summed E-state index contributed by atoms with van der Waals surface area (Å²) in [7, 11) is 1.61. The SMILES string of the molecule is CCn1cc(C(=O)N2CC(=O)N(Cc3ccccc3)CC(OC)C2)cn1. The molecule has 26 heavy (non-hydrogen) atoms. The highest BCUT2D eigenvalue weighted by atomic mass is 16.5. The Morgan fingerprint density at radius 1 is 1.27 bits per heavy atom. The second kappa shape index (κ2) is 8.14. The fourth-order valence-corrected chi connectivity index (χ4v) is 3.07. The number of carbonyl (C=O) groups is 2. The van der Waals surface area contributed by atoms with Crippen LogP contribution in [0.4, 0.5) is 0 Å². The Balaban J connectivity index is 1.75. The van der Waals surface area contributed by atoms with Crippen LogP contribution in [0.1, 0.15) is 22.8 Å². The summed E-state index contributed by atoms with van der Waals surface area (Å²) in [4.78, 5) is 28.9. The van der Waals surface area contributed by atoms with Crippen LogP contribution in [0.15, 0.2) is 42.7 Å². The average molecular weight is 356 g/mol. The summed E-state index contributed by atoms with van der Waals surface area (Å²) in [5.74, 6) is -0.272. The zero-order valence-corrected chi connectivity index (χ0v) is 15.2. The molecule has 0 spiro atoms. The van der Waals surface area contributed by atoms with Gasteiger partial charge in [-0.15, -0.1) is 0 Å². The maximum atomic E-state index is 12.8. The van der Waals surface area contributed by atoms with Gasteiger partial charge in [-0.1, -0.05) is 30.3 Å². The van der Waals surface area contributed by atoms with Gasteiger partial charge in [0, 0.05) is 39.5 Å². The van der Waals surface area contributed by atoms with E-state index in [4.69, 9.17) is 4.74 Å². The molecule has 2 amide bonds. The molecule has 1 fully saturated rings. The van der Waals surface area contributed by atoms with Crippen molar-refractivity contribution in [2.24, 2.45) is 0 Å². The highest BCUT2D eigenvalue weighted by Crippen LogP contribution is 2.14. The number of aromatic nitrogens is 2. The van der Waals surface area contributed by atoms with Crippen molar-refractivity contribution in [2.75, 3.05) is 26.7 Å². The minimum Gasteiger partial charge on any atom is -0.378 e. The van der Waals surface area contributed by atoms with E-state index in [1.165, 1.54) is 0 Å². The molecule has 138 valence electrons. The number of rotatable bonds is 5. The monoisotopic (exact) mass is 356 g/mol. The second-order valence-corrected chi connectivity index (χ2v) is 6.39. The molecule has 1 aliphatic rings. The van der Waals surface area contributed by atoms with Crippen molar-refractivity contribution in [1.29, 1.82) is 0 Å². The maximum Gasteiger partial charge on any atom is 0.257 e. The lowest BCUT2D eigenvalue weighted by molar-refractivity contribution is -0.132. The van der Waals surface area contributed by atoms with Crippen molar-refractivity contribution in [2.45, 2.75) is 26.1 Å². The number of hydrogen-bond donors (Lipinski definition) is 0. The molecule has 1 unspecified atom stereocenters. The first-order valence-electron chi connectivity index (χ1n) is 8.77. The van der Waals surface area contributed by atoms with Gasteiger partial charge in [0.15, 0.2) is 0 Å². The van der Waals surface area contributed by atoms with E-state index >= 15 is 0 Å². The summed E-state index contributed by atoms with van der Waals surface area (Å²) in [6.07, 6.45) is 3.03. The molecule has 0 N–H and O–H groups in total. The largest absolute Gasteiger partial charge is 0.378 e. The predicted octanol–water partition coefficient (Wildman–Crippen LogP) is 1.40. The third kappa shape index (κ3) is 4.11. The molecule has 0 aliphatic carbocycles. The number of hydrogen-bond acceptors (Lipinski definition) is 4. The highest BCUT2D eigenvalue weighted by Gasteiger charge is 2.31. The first kappa shape index (κ1) is 18.1. The Morgan fingerprint density at radius 3 is 2.69 bits per heavy atom. The Labute approximate surface area is 153 Å². The first-order valence-corrected chi connectivity index (χ1v) is 8.77. The molecule has 3 rings (SSSR count). The van der Waals surface area contributed by atoms with Gasteiger partial charge in [-0.25, -0.2) is 0 Å². The van der Waals surface area contributed by atoms with Crippen LogP contribution in [0.2, 0.25) is 0 Å². The van der Waals surface area contributed by atoms with Gasteiger partial charge in [-0.3, -0.25) is 14.3 Å². The predicted molar refractivity (Wildman–Crippen MR) is 96.5 cm³/mol. The summed E-state index contributed by atoms with van der Waals surface area (Å²) in [5.41, 5.74) is 1.55. The lowest BCUT2D eigenvalue weighted by Gasteiger charge is -2.23. The van der Waals surface area contributed by atoms with Gasteiger partial charge in [-0.05, 0) is 12.5 Å². The van der Waals surface area contributed by atoms with Gasteiger partial charge < -0.3 is 14.5 Å². The zero-order chi connectivity index (χ0) is 18.5. The number of carbonyl (C=O) groups excluding carboxylic acids is 2. The van der Waals surface area contributed by atoms with E-state index in [-0.39, 0.29) is 24.5 Å². The lowest BCUT2D eigenvalue weighted by Crippen LogP contribution is -2.39. The topological polar surface area (TPSA) is 67.7 Å². The molecular formula is C19H24N4O3. The molecule has 1 aliphatic heterocycles. The number of aryl methyl sites for hydroxylation is 1. The molecule has 0 bridgehead atoms. The molecule has 7 heteroatoms. The van der Waals surface area contributed by atoms with E-state index < -0.39 is 0 Å². The van der Waals surface area contributed by atoms with Crippen molar-refractivity contribution >= 4 is 11.8 Å². The van der Waals surface area contributed by atoms with Crippen LogP contribution in [-0.2, 0) is 22.6 Å². The van der Waals surface area contributed by atoms with E-state index in [0.717, 1.165) is 5.56 Å². The van der Waals surface area contributed by atoms with Crippen LogP contribution in [0.25, 0.3) is 0 Å². The summed E-state index contributed by atoms with van der Waals surface area (Å²) < 4.78 is 7.22. The minimum absolute atomic E-state index is 0.0445. The molecular weight excluding hydrogens is 332 g/mol. The lowest BCUT2D eigenvalue weighted by atomic mass is 10.2. The van der Waals surface area contributed by atoms with Gasteiger partial charge in [0.1, 0.15) is 6.54 Å². The van der Waals surface area contributed by atoms with Crippen LogP contribution in [0.5, 0.6) is 0 Å². The second-order valence-electron chi connectivity index (χ2n) is 6.39. The van der Waals surface area contributed by atoms with Crippen molar-refractivity contribution in [3.63, 3.8) is 0 Å². The van der Waals surface area contributed by atoms with E-state index in [0.29, 0.717) is 31.7 Å². The molecule has 7 nitrogen and oxygen atoms in total. The van der Waals surface area contributed by atoms with Crippen LogP contribution in [0.3, 0.4) is 0 Å². The van der Waals surface area contributed by atoms with Crippen molar-refractivity contribution < 1.29 is 14.3 Å². The Bertz CT molecular complexity index is 759. The molecule has 1 aromatic carbocycles. The van der Waals surface area contributed by atoms with E-state index in [1.807, 2.05) is 37.3 Å². The van der Waals surface area contributed by atoms with Crippen LogP contribution in [0, 0.1) is 0 Å². The highest BCUT2D eigenvalue weighted by molar-refractivity contribution is 5.96. The van der Waals surface area contributed by atoms with Gasteiger partial charge in [-0.2, -0.15) is 5.10 Å². The summed E-state index contributed by atoms with van der Waals surface area (Å²) in [6, 6.07) is 9.83. The number of benzene rings is 1. The van der Waals surface area contributed by atoms with Gasteiger partial charge in [0.05, 0.1) is 17.9 Å².